The molecule has 3 rings (SSSR count). The second-order valence-electron chi connectivity index (χ2n) is 5.12. The maximum absolute atomic E-state index is 12.2. The third kappa shape index (κ3) is 2.68. The zero-order chi connectivity index (χ0) is 14.9. The van der Waals surface area contributed by atoms with Gasteiger partial charge in [0.1, 0.15) is 4.90 Å². The maximum atomic E-state index is 12.2. The number of rotatable bonds is 3. The van der Waals surface area contributed by atoms with Crippen LogP contribution in [0.15, 0.2) is 33.6 Å². The van der Waals surface area contributed by atoms with Crippen LogP contribution >= 0.6 is 0 Å². The SMILES string of the molecule is CCNCC1COCCN1C1=NS(=O)(=O)c2ccccc21. The van der Waals surface area contributed by atoms with Gasteiger partial charge in [-0.05, 0) is 18.7 Å². The number of fused-ring (bicyclic) bond motifs is 1. The molecule has 0 aliphatic carbocycles. The standard InChI is InChI=1S/C14H19N3O3S/c1-2-15-9-11-10-20-8-7-17(11)14-12-5-3-4-6-13(12)21(18,19)16-14/h3-6,11,15H,2,7-10H2,1H3. The quantitative estimate of drug-likeness (QED) is 0.877. The minimum atomic E-state index is -3.56. The van der Waals surface area contributed by atoms with Crippen molar-refractivity contribution in [3.05, 3.63) is 29.8 Å². The van der Waals surface area contributed by atoms with Gasteiger partial charge in [-0.1, -0.05) is 19.1 Å². The fourth-order valence-electron chi connectivity index (χ4n) is 2.71. The minimum Gasteiger partial charge on any atom is -0.377 e. The Bertz CT molecular complexity index is 657. The van der Waals surface area contributed by atoms with Crippen LogP contribution in [0.3, 0.4) is 0 Å². The van der Waals surface area contributed by atoms with Crippen molar-refractivity contribution in [3.63, 3.8) is 0 Å². The molecule has 1 fully saturated rings. The highest BCUT2D eigenvalue weighted by Gasteiger charge is 2.35. The number of ether oxygens (including phenoxy) is 1. The summed E-state index contributed by atoms with van der Waals surface area (Å²) in [5, 5.41) is 3.29. The van der Waals surface area contributed by atoms with Crippen LogP contribution in [0.25, 0.3) is 0 Å². The number of morpholine rings is 1. The second kappa shape index (κ2) is 5.75. The van der Waals surface area contributed by atoms with E-state index in [0.717, 1.165) is 13.1 Å². The molecule has 0 saturated carbocycles. The van der Waals surface area contributed by atoms with E-state index in [9.17, 15) is 8.42 Å². The number of nitrogens with zero attached hydrogens (tertiary/aromatic N) is 2. The Labute approximate surface area is 124 Å². The molecule has 21 heavy (non-hydrogen) atoms. The Morgan fingerprint density at radius 1 is 1.43 bits per heavy atom. The van der Waals surface area contributed by atoms with Crippen LogP contribution in [-0.2, 0) is 14.8 Å². The van der Waals surface area contributed by atoms with Crippen LogP contribution in [0.5, 0.6) is 0 Å². The fraction of sp³-hybridized carbons (Fsp3) is 0.500. The number of amidine groups is 1. The fourth-order valence-corrected chi connectivity index (χ4v) is 3.93. The van der Waals surface area contributed by atoms with Gasteiger partial charge in [0.25, 0.3) is 10.0 Å². The monoisotopic (exact) mass is 309 g/mol. The van der Waals surface area contributed by atoms with Gasteiger partial charge in [0.2, 0.25) is 0 Å². The molecule has 1 aromatic rings. The average Bonchev–Trinajstić information content (AvgIpc) is 2.78. The van der Waals surface area contributed by atoms with E-state index >= 15 is 0 Å². The van der Waals surface area contributed by atoms with E-state index in [1.54, 1.807) is 12.1 Å². The molecule has 2 aliphatic rings. The average molecular weight is 309 g/mol. The third-order valence-electron chi connectivity index (χ3n) is 3.74. The maximum Gasteiger partial charge on any atom is 0.285 e. The molecule has 0 bridgehead atoms. The molecule has 1 aromatic carbocycles. The van der Waals surface area contributed by atoms with Gasteiger partial charge in [-0.25, -0.2) is 0 Å². The van der Waals surface area contributed by atoms with Gasteiger partial charge in [-0.2, -0.15) is 8.42 Å². The highest BCUT2D eigenvalue weighted by Crippen LogP contribution is 2.28. The zero-order valence-corrected chi connectivity index (χ0v) is 12.8. The Kier molecular flexibility index (Phi) is 3.97. The Morgan fingerprint density at radius 3 is 3.05 bits per heavy atom. The van der Waals surface area contributed by atoms with E-state index in [4.69, 9.17) is 4.74 Å². The van der Waals surface area contributed by atoms with Crippen LogP contribution in [-0.4, -0.2) is 58.0 Å². The first-order chi connectivity index (χ1) is 10.1. The van der Waals surface area contributed by atoms with Crippen molar-refractivity contribution in [1.82, 2.24) is 10.2 Å². The lowest BCUT2D eigenvalue weighted by Gasteiger charge is -2.37. The molecule has 1 N–H and O–H groups in total. The van der Waals surface area contributed by atoms with Gasteiger partial charge in [-0.15, -0.1) is 4.40 Å². The first kappa shape index (κ1) is 14.5. The lowest BCUT2D eigenvalue weighted by atomic mass is 10.1. The topological polar surface area (TPSA) is 71.0 Å². The summed E-state index contributed by atoms with van der Waals surface area (Å²) in [5.74, 6) is 0.553. The predicted octanol–water partition coefficient (Wildman–Crippen LogP) is 0.446. The molecule has 0 spiro atoms. The van der Waals surface area contributed by atoms with Gasteiger partial charge in [0.05, 0.1) is 19.3 Å². The lowest BCUT2D eigenvalue weighted by molar-refractivity contribution is 0.0273. The number of hydrogen-bond donors (Lipinski definition) is 1. The van der Waals surface area contributed by atoms with E-state index in [0.29, 0.717) is 36.1 Å². The largest absolute Gasteiger partial charge is 0.377 e. The summed E-state index contributed by atoms with van der Waals surface area (Å²) in [6, 6.07) is 7.09. The van der Waals surface area contributed by atoms with E-state index in [1.165, 1.54) is 0 Å². The lowest BCUT2D eigenvalue weighted by Crippen LogP contribution is -2.52. The summed E-state index contributed by atoms with van der Waals surface area (Å²) < 4.78 is 33.9. The number of benzene rings is 1. The number of nitrogens with one attached hydrogen (secondary N) is 1. The molecule has 114 valence electrons. The molecule has 2 aliphatic heterocycles. The molecule has 7 heteroatoms. The van der Waals surface area contributed by atoms with Crippen molar-refractivity contribution in [1.29, 1.82) is 0 Å². The summed E-state index contributed by atoms with van der Waals surface area (Å²) in [6.07, 6.45) is 0. The van der Waals surface area contributed by atoms with Gasteiger partial charge in [-0.3, -0.25) is 0 Å². The summed E-state index contributed by atoms with van der Waals surface area (Å²) in [5.41, 5.74) is 0.695. The van der Waals surface area contributed by atoms with Crippen LogP contribution < -0.4 is 5.32 Å². The summed E-state index contributed by atoms with van der Waals surface area (Å²) in [6.45, 7) is 5.47. The molecule has 0 amide bonds. The molecular formula is C14H19N3O3S. The zero-order valence-electron chi connectivity index (χ0n) is 11.9. The van der Waals surface area contributed by atoms with Gasteiger partial charge in [0.15, 0.2) is 5.84 Å². The van der Waals surface area contributed by atoms with E-state index < -0.39 is 10.0 Å². The van der Waals surface area contributed by atoms with Crippen LogP contribution in [0.1, 0.15) is 12.5 Å². The van der Waals surface area contributed by atoms with Gasteiger partial charge < -0.3 is 15.0 Å². The molecule has 1 saturated heterocycles. The van der Waals surface area contributed by atoms with E-state index in [-0.39, 0.29) is 6.04 Å². The first-order valence-electron chi connectivity index (χ1n) is 7.13. The van der Waals surface area contributed by atoms with Gasteiger partial charge >= 0.3 is 0 Å². The van der Waals surface area contributed by atoms with E-state index in [1.807, 2.05) is 19.1 Å². The van der Waals surface area contributed by atoms with Crippen LogP contribution in [0.4, 0.5) is 0 Å². The first-order valence-corrected chi connectivity index (χ1v) is 8.57. The summed E-state index contributed by atoms with van der Waals surface area (Å²) >= 11 is 0. The molecule has 2 heterocycles. The smallest absolute Gasteiger partial charge is 0.285 e. The van der Waals surface area contributed by atoms with Crippen molar-refractivity contribution in [2.75, 3.05) is 32.8 Å². The number of hydrogen-bond acceptors (Lipinski definition) is 5. The number of likely N-dealkylation sites (N-methyl/N-ethyl adjacent to an activating group) is 1. The summed E-state index contributed by atoms with van der Waals surface area (Å²) in [7, 11) is -3.56. The molecular weight excluding hydrogens is 290 g/mol. The molecule has 0 aromatic heterocycles. The van der Waals surface area contributed by atoms with Crippen molar-refractivity contribution < 1.29 is 13.2 Å². The normalized spacial score (nSPS) is 23.8. The second-order valence-corrected chi connectivity index (χ2v) is 6.69. The Hall–Kier alpha value is -1.44. The van der Waals surface area contributed by atoms with Crippen molar-refractivity contribution in [3.8, 4) is 0 Å². The van der Waals surface area contributed by atoms with Crippen LogP contribution in [0.2, 0.25) is 0 Å². The van der Waals surface area contributed by atoms with Crippen LogP contribution in [0, 0.1) is 0 Å². The third-order valence-corrected chi connectivity index (χ3v) is 5.07. The Balaban J connectivity index is 1.95. The molecule has 1 atom stereocenters. The predicted molar refractivity (Wildman–Crippen MR) is 80.0 cm³/mol. The molecule has 0 radical (unpaired) electrons. The Morgan fingerprint density at radius 2 is 2.24 bits per heavy atom. The minimum absolute atomic E-state index is 0.0961. The molecule has 1 unspecified atom stereocenters. The molecule has 6 nitrogen and oxygen atoms in total. The highest BCUT2D eigenvalue weighted by molar-refractivity contribution is 7.90. The van der Waals surface area contributed by atoms with Gasteiger partial charge in [0, 0.05) is 18.7 Å². The van der Waals surface area contributed by atoms with E-state index in [2.05, 4.69) is 14.6 Å². The summed E-state index contributed by atoms with van der Waals surface area (Å²) in [4.78, 5) is 2.35. The van der Waals surface area contributed by atoms with Crippen molar-refractivity contribution in [2.24, 2.45) is 4.40 Å². The van der Waals surface area contributed by atoms with Crippen molar-refractivity contribution in [2.45, 2.75) is 17.9 Å². The van der Waals surface area contributed by atoms with Crippen molar-refractivity contribution >= 4 is 15.9 Å². The number of sulfonamides is 1. The highest BCUT2D eigenvalue weighted by atomic mass is 32.2.